The lowest BCUT2D eigenvalue weighted by molar-refractivity contribution is -0.255. The van der Waals surface area contributed by atoms with E-state index >= 15 is 0 Å². The van der Waals surface area contributed by atoms with E-state index < -0.39 is 29.3 Å². The van der Waals surface area contributed by atoms with Crippen molar-refractivity contribution >= 4 is 0 Å². The van der Waals surface area contributed by atoms with Gasteiger partial charge in [0.05, 0.1) is 13.7 Å². The molecule has 0 aliphatic carbocycles. The maximum absolute atomic E-state index is 13.6. The molecule has 1 heterocycles. The maximum atomic E-state index is 13.6. The van der Waals surface area contributed by atoms with Crippen molar-refractivity contribution in [2.24, 2.45) is 0 Å². The topological polar surface area (TPSA) is 18.5 Å². The Morgan fingerprint density at radius 1 is 1.30 bits per heavy atom. The molecule has 7 heteroatoms. The van der Waals surface area contributed by atoms with Gasteiger partial charge in [0.1, 0.15) is 0 Å². The Balaban J connectivity index is 2.34. The van der Waals surface area contributed by atoms with E-state index in [9.17, 15) is 22.0 Å². The smallest absolute Gasteiger partial charge is 0.417 e. The Bertz CT molecular complexity index is 514. The third kappa shape index (κ3) is 2.34. The van der Waals surface area contributed by atoms with Gasteiger partial charge in [-0.05, 0) is 19.4 Å². The zero-order chi connectivity index (χ0) is 15.1. The Morgan fingerprint density at radius 3 is 2.45 bits per heavy atom. The van der Waals surface area contributed by atoms with Gasteiger partial charge in [-0.2, -0.15) is 17.6 Å². The van der Waals surface area contributed by atoms with Crippen LogP contribution in [0.4, 0.5) is 22.0 Å². The molecule has 1 fully saturated rings. The number of hydrogen-bond acceptors (Lipinski definition) is 2. The van der Waals surface area contributed by atoms with Crippen molar-refractivity contribution in [2.75, 3.05) is 13.7 Å². The highest BCUT2D eigenvalue weighted by Gasteiger charge is 2.57. The highest BCUT2D eigenvalue weighted by Crippen LogP contribution is 2.47. The molecule has 2 atom stereocenters. The van der Waals surface area contributed by atoms with Crippen molar-refractivity contribution < 1.29 is 31.4 Å². The molecule has 0 radical (unpaired) electrons. The van der Waals surface area contributed by atoms with E-state index in [1.165, 1.54) is 6.07 Å². The molecule has 112 valence electrons. The van der Waals surface area contributed by atoms with Crippen molar-refractivity contribution in [1.29, 1.82) is 0 Å². The molecule has 0 bridgehead atoms. The summed E-state index contributed by atoms with van der Waals surface area (Å²) < 4.78 is 74.9. The Labute approximate surface area is 112 Å². The van der Waals surface area contributed by atoms with Crippen LogP contribution >= 0.6 is 0 Å². The fraction of sp³-hybridized carbons (Fsp3) is 0.538. The molecule has 1 aliphatic rings. The predicted molar refractivity (Wildman–Crippen MR) is 60.7 cm³/mol. The number of methoxy groups -OCH3 is 1. The van der Waals surface area contributed by atoms with Crippen molar-refractivity contribution in [3.05, 3.63) is 29.3 Å². The van der Waals surface area contributed by atoms with E-state index in [2.05, 4.69) is 0 Å². The van der Waals surface area contributed by atoms with E-state index in [0.29, 0.717) is 0 Å². The molecule has 0 N–H and O–H groups in total. The second-order valence-electron chi connectivity index (χ2n) is 4.92. The number of ether oxygens (including phenoxy) is 2. The molecule has 0 amide bonds. The van der Waals surface area contributed by atoms with Crippen LogP contribution in [-0.2, 0) is 4.74 Å². The van der Waals surface area contributed by atoms with Crippen molar-refractivity contribution in [2.45, 2.75) is 31.0 Å². The summed E-state index contributed by atoms with van der Waals surface area (Å²) in [6.07, 6.45) is -4.88. The van der Waals surface area contributed by atoms with E-state index in [1.54, 1.807) is 0 Å². The first-order valence-electron chi connectivity index (χ1n) is 5.92. The summed E-state index contributed by atoms with van der Waals surface area (Å²) in [6.45, 7) is 0.719. The average molecular weight is 296 g/mol. The minimum Gasteiger partial charge on any atom is -0.493 e. The van der Waals surface area contributed by atoms with Gasteiger partial charge in [-0.15, -0.1) is 0 Å². The van der Waals surface area contributed by atoms with Gasteiger partial charge in [0.15, 0.2) is 17.2 Å². The highest BCUT2D eigenvalue weighted by molar-refractivity contribution is 5.39. The lowest BCUT2D eigenvalue weighted by Crippen LogP contribution is -2.41. The SMILES string of the molecule is COc1c(C2COC(C)(C(F)(F)F)C2)ccc(F)c1F. The predicted octanol–water partition coefficient (Wildman–Crippen LogP) is 3.80. The van der Waals surface area contributed by atoms with Crippen molar-refractivity contribution in [1.82, 2.24) is 0 Å². The molecule has 2 unspecified atom stereocenters. The summed E-state index contributed by atoms with van der Waals surface area (Å²) in [4.78, 5) is 0. The van der Waals surface area contributed by atoms with E-state index in [-0.39, 0.29) is 24.3 Å². The Hall–Kier alpha value is -1.37. The van der Waals surface area contributed by atoms with Crippen LogP contribution in [0.25, 0.3) is 0 Å². The zero-order valence-corrected chi connectivity index (χ0v) is 10.9. The van der Waals surface area contributed by atoms with Gasteiger partial charge in [-0.3, -0.25) is 0 Å². The second kappa shape index (κ2) is 4.87. The summed E-state index contributed by atoms with van der Waals surface area (Å²) in [6, 6.07) is 2.10. The lowest BCUT2D eigenvalue weighted by atomic mass is 9.89. The van der Waals surface area contributed by atoms with Gasteiger partial charge in [0.25, 0.3) is 0 Å². The summed E-state index contributed by atoms with van der Waals surface area (Å²) in [5.41, 5.74) is -2.10. The van der Waals surface area contributed by atoms with Crippen LogP contribution in [0, 0.1) is 11.6 Å². The van der Waals surface area contributed by atoms with E-state index in [1.807, 2.05) is 0 Å². The molecule has 1 aliphatic heterocycles. The molecular weight excluding hydrogens is 283 g/mol. The standard InChI is InChI=1S/C13H13F5O2/c1-12(13(16,17)18)5-7(6-20-12)8-3-4-9(14)10(15)11(8)19-2/h3-4,7H,5-6H2,1-2H3. The molecule has 0 spiro atoms. The summed E-state index contributed by atoms with van der Waals surface area (Å²) in [5.74, 6) is -3.38. The van der Waals surface area contributed by atoms with Crippen LogP contribution in [-0.4, -0.2) is 25.5 Å². The number of benzene rings is 1. The quantitative estimate of drug-likeness (QED) is 0.773. The first kappa shape index (κ1) is 15.0. The van der Waals surface area contributed by atoms with Crippen LogP contribution in [0.5, 0.6) is 5.75 Å². The largest absolute Gasteiger partial charge is 0.493 e. The van der Waals surface area contributed by atoms with Gasteiger partial charge in [-0.1, -0.05) is 6.07 Å². The monoisotopic (exact) mass is 296 g/mol. The minimum atomic E-state index is -4.52. The Morgan fingerprint density at radius 2 is 1.95 bits per heavy atom. The van der Waals surface area contributed by atoms with Crippen LogP contribution in [0.2, 0.25) is 0 Å². The second-order valence-corrected chi connectivity index (χ2v) is 4.92. The van der Waals surface area contributed by atoms with Gasteiger partial charge < -0.3 is 9.47 Å². The first-order valence-corrected chi connectivity index (χ1v) is 5.92. The molecule has 2 rings (SSSR count). The van der Waals surface area contributed by atoms with Crippen LogP contribution < -0.4 is 4.74 Å². The molecule has 20 heavy (non-hydrogen) atoms. The van der Waals surface area contributed by atoms with Gasteiger partial charge in [-0.25, -0.2) is 4.39 Å². The minimum absolute atomic E-state index is 0.180. The number of hydrogen-bond donors (Lipinski definition) is 0. The average Bonchev–Trinajstić information content (AvgIpc) is 2.76. The summed E-state index contributed by atoms with van der Waals surface area (Å²) in [5, 5.41) is 0. The zero-order valence-electron chi connectivity index (χ0n) is 10.9. The fourth-order valence-corrected chi connectivity index (χ4v) is 2.35. The maximum Gasteiger partial charge on any atom is 0.417 e. The van der Waals surface area contributed by atoms with Gasteiger partial charge >= 0.3 is 6.18 Å². The normalized spacial score (nSPS) is 26.9. The highest BCUT2D eigenvalue weighted by atomic mass is 19.4. The third-order valence-corrected chi connectivity index (χ3v) is 3.56. The fourth-order valence-electron chi connectivity index (χ4n) is 2.35. The molecule has 1 aromatic rings. The van der Waals surface area contributed by atoms with E-state index in [0.717, 1.165) is 20.1 Å². The van der Waals surface area contributed by atoms with Gasteiger partial charge in [0.2, 0.25) is 5.82 Å². The summed E-state index contributed by atoms with van der Waals surface area (Å²) >= 11 is 0. The van der Waals surface area contributed by atoms with Crippen molar-refractivity contribution in [3.63, 3.8) is 0 Å². The lowest BCUT2D eigenvalue weighted by Gasteiger charge is -2.26. The van der Waals surface area contributed by atoms with E-state index in [4.69, 9.17) is 9.47 Å². The number of rotatable bonds is 2. The molecule has 1 saturated heterocycles. The molecular formula is C13H13F5O2. The molecule has 0 aromatic heterocycles. The molecule has 2 nitrogen and oxygen atoms in total. The van der Waals surface area contributed by atoms with Crippen LogP contribution in [0.15, 0.2) is 12.1 Å². The van der Waals surface area contributed by atoms with Crippen LogP contribution in [0.1, 0.15) is 24.8 Å². The Kier molecular flexibility index (Phi) is 3.66. The number of alkyl halides is 3. The molecule has 1 aromatic carbocycles. The van der Waals surface area contributed by atoms with Crippen LogP contribution in [0.3, 0.4) is 0 Å². The number of halogens is 5. The van der Waals surface area contributed by atoms with Crippen molar-refractivity contribution in [3.8, 4) is 5.75 Å². The molecule has 0 saturated carbocycles. The summed E-state index contributed by atoms with van der Waals surface area (Å²) in [7, 11) is 1.14. The third-order valence-electron chi connectivity index (χ3n) is 3.56. The first-order chi connectivity index (χ1) is 9.19. The van der Waals surface area contributed by atoms with Gasteiger partial charge in [0, 0.05) is 11.5 Å².